The van der Waals surface area contributed by atoms with Gasteiger partial charge in [0.2, 0.25) is 0 Å². The Kier molecular flexibility index (Phi) is 8.59. The lowest BCUT2D eigenvalue weighted by Gasteiger charge is -2.19. The van der Waals surface area contributed by atoms with Gasteiger partial charge in [-0.2, -0.15) is 0 Å². The van der Waals surface area contributed by atoms with Crippen molar-refractivity contribution in [2.75, 3.05) is 0 Å². The first-order chi connectivity index (χ1) is 11.4. The average molecular weight is 362 g/mol. The number of carbonyl (C=O) groups is 1. The molecule has 0 unspecified atom stereocenters. The predicted molar refractivity (Wildman–Crippen MR) is 112 cm³/mol. The quantitative estimate of drug-likeness (QED) is 0.467. The van der Waals surface area contributed by atoms with Crippen molar-refractivity contribution in [3.63, 3.8) is 0 Å². The van der Waals surface area contributed by atoms with Crippen LogP contribution in [0.5, 0.6) is 11.5 Å². The minimum atomic E-state index is -0.281. The molecule has 0 bridgehead atoms. The van der Waals surface area contributed by atoms with Gasteiger partial charge in [0.15, 0.2) is 0 Å². The Morgan fingerprint density at radius 2 is 1.35 bits per heavy atom. The van der Waals surface area contributed by atoms with Crippen molar-refractivity contribution in [2.45, 2.75) is 66.7 Å². The van der Waals surface area contributed by atoms with E-state index in [1.165, 1.54) is 6.92 Å². The summed E-state index contributed by atoms with van der Waals surface area (Å²) in [6, 6.07) is 15.0. The van der Waals surface area contributed by atoms with E-state index in [0.29, 0.717) is 11.5 Å². The number of esters is 1. The highest BCUT2D eigenvalue weighted by Crippen LogP contribution is 2.26. The summed E-state index contributed by atoms with van der Waals surface area (Å²) in [6.45, 7) is 14.2. The lowest BCUT2D eigenvalue weighted by atomic mass is 9.87. The van der Waals surface area contributed by atoms with E-state index in [1.54, 1.807) is 18.2 Å². The third-order valence-corrected chi connectivity index (χ3v) is 3.67. The fourth-order valence-electron chi connectivity index (χ4n) is 2.16. The minimum Gasteiger partial charge on any atom is -0.508 e. The number of phenolic OH excluding ortho intramolecular Hbond substituents is 1. The van der Waals surface area contributed by atoms with Crippen LogP contribution in [-0.2, 0) is 15.6 Å². The molecular formula is C23H36O3. The maximum Gasteiger partial charge on any atom is 0.308 e. The molecule has 26 heavy (non-hydrogen) atoms. The van der Waals surface area contributed by atoms with E-state index in [4.69, 9.17) is 4.74 Å². The van der Waals surface area contributed by atoms with Crippen LogP contribution in [0.4, 0.5) is 0 Å². The number of benzene rings is 2. The lowest BCUT2D eigenvalue weighted by molar-refractivity contribution is -0.131. The molecule has 0 aromatic heterocycles. The van der Waals surface area contributed by atoms with Crippen LogP contribution < -0.4 is 4.74 Å². The van der Waals surface area contributed by atoms with Crippen LogP contribution in [0.2, 0.25) is 0 Å². The first kappa shape index (κ1) is 23.7. The van der Waals surface area contributed by atoms with E-state index in [2.05, 4.69) is 41.5 Å². The maximum absolute atomic E-state index is 10.8. The van der Waals surface area contributed by atoms with Gasteiger partial charge in [0.1, 0.15) is 11.5 Å². The van der Waals surface area contributed by atoms with Gasteiger partial charge in [-0.3, -0.25) is 4.79 Å². The molecule has 0 spiro atoms. The number of carbonyl (C=O) groups excluding carboxylic acids is 1. The van der Waals surface area contributed by atoms with E-state index in [1.807, 2.05) is 30.3 Å². The molecule has 146 valence electrons. The summed E-state index contributed by atoms with van der Waals surface area (Å²) >= 11 is 0. The zero-order valence-corrected chi connectivity index (χ0v) is 16.4. The monoisotopic (exact) mass is 361 g/mol. The molecule has 0 aliphatic heterocycles. The van der Waals surface area contributed by atoms with Crippen LogP contribution in [-0.4, -0.2) is 11.1 Å². The minimum absolute atomic E-state index is 0. The van der Waals surface area contributed by atoms with Gasteiger partial charge in [-0.25, -0.2) is 0 Å². The van der Waals surface area contributed by atoms with E-state index >= 15 is 0 Å². The highest BCUT2D eigenvalue weighted by Gasteiger charge is 2.14. The van der Waals surface area contributed by atoms with Crippen molar-refractivity contribution in [2.24, 2.45) is 0 Å². The molecule has 1 N–H and O–H groups in total. The van der Waals surface area contributed by atoms with E-state index in [-0.39, 0.29) is 25.7 Å². The van der Waals surface area contributed by atoms with Crippen LogP contribution in [0.3, 0.4) is 0 Å². The second-order valence-corrected chi connectivity index (χ2v) is 8.17. The van der Waals surface area contributed by atoms with Crippen molar-refractivity contribution >= 4 is 5.97 Å². The van der Waals surface area contributed by atoms with Gasteiger partial charge in [-0.1, -0.05) is 73.2 Å². The van der Waals surface area contributed by atoms with Crippen LogP contribution in [0.15, 0.2) is 48.5 Å². The number of ether oxygens (including phenoxy) is 1. The third-order valence-electron chi connectivity index (χ3n) is 3.67. The van der Waals surface area contributed by atoms with Gasteiger partial charge in [-0.05, 0) is 46.2 Å². The molecule has 0 heterocycles. The van der Waals surface area contributed by atoms with Gasteiger partial charge >= 0.3 is 5.97 Å². The SMILES string of the molecule is C.CC(=O)Oc1cccc(C(C)(C)C)c1.CC(C)(C)c1cccc(O)c1.[2HH]. The first-order valence-corrected chi connectivity index (χ1v) is 8.48. The number of hydrogen-bond donors (Lipinski definition) is 1. The fraction of sp³-hybridized carbons (Fsp3) is 0.435. The highest BCUT2D eigenvalue weighted by atomic mass is 16.5. The topological polar surface area (TPSA) is 46.5 Å². The van der Waals surface area contributed by atoms with Gasteiger partial charge < -0.3 is 9.84 Å². The molecule has 3 nitrogen and oxygen atoms in total. The second-order valence-electron chi connectivity index (χ2n) is 8.17. The van der Waals surface area contributed by atoms with E-state index in [9.17, 15) is 9.90 Å². The van der Waals surface area contributed by atoms with Crippen LogP contribution in [0, 0.1) is 0 Å². The van der Waals surface area contributed by atoms with Crippen LogP contribution in [0.1, 0.15) is 68.4 Å². The highest BCUT2D eigenvalue weighted by molar-refractivity contribution is 5.69. The summed E-state index contributed by atoms with van der Waals surface area (Å²) in [5.74, 6) is 0.679. The molecule has 2 aromatic rings. The summed E-state index contributed by atoms with van der Waals surface area (Å²) in [5.41, 5.74) is 2.53. The lowest BCUT2D eigenvalue weighted by Crippen LogP contribution is -2.11. The van der Waals surface area contributed by atoms with Crippen molar-refractivity contribution < 1.29 is 16.1 Å². The van der Waals surface area contributed by atoms with Gasteiger partial charge in [-0.15, -0.1) is 0 Å². The summed E-state index contributed by atoms with van der Waals surface area (Å²) < 4.78 is 5.01. The Labute approximate surface area is 160 Å². The molecule has 0 radical (unpaired) electrons. The molecule has 0 fully saturated rings. The molecular weight excluding hydrogens is 324 g/mol. The van der Waals surface area contributed by atoms with Crippen LogP contribution >= 0.6 is 0 Å². The summed E-state index contributed by atoms with van der Waals surface area (Å²) in [6.07, 6.45) is 0. The molecule has 0 amide bonds. The zero-order chi connectivity index (χ0) is 19.3. The fourth-order valence-corrected chi connectivity index (χ4v) is 2.16. The normalized spacial score (nSPS) is 10.9. The predicted octanol–water partition coefficient (Wildman–Crippen LogP) is 6.48. The maximum atomic E-state index is 10.8. The van der Waals surface area contributed by atoms with Crippen LogP contribution in [0.25, 0.3) is 0 Å². The molecule has 0 aliphatic carbocycles. The molecule has 2 rings (SSSR count). The summed E-state index contributed by atoms with van der Waals surface area (Å²) in [5, 5.41) is 9.18. The van der Waals surface area contributed by atoms with Crippen molar-refractivity contribution in [3.8, 4) is 11.5 Å². The van der Waals surface area contributed by atoms with E-state index in [0.717, 1.165) is 11.1 Å². The summed E-state index contributed by atoms with van der Waals surface area (Å²) in [7, 11) is 0. The van der Waals surface area contributed by atoms with Gasteiger partial charge in [0, 0.05) is 8.35 Å². The molecule has 0 aliphatic rings. The standard InChI is InChI=1S/C12H16O2.C10H14O.CH4.H2/c1-9(13)14-11-7-5-6-10(8-11)12(2,3)4;1-10(2,3)8-5-4-6-9(11)7-8;;/h5-8H,1-4H3;4-7,11H,1-3H3;1H4;1H/i;;;1+1. The van der Waals surface area contributed by atoms with Crippen molar-refractivity contribution in [1.29, 1.82) is 0 Å². The van der Waals surface area contributed by atoms with Crippen molar-refractivity contribution in [3.05, 3.63) is 59.7 Å². The third kappa shape index (κ3) is 8.19. The smallest absolute Gasteiger partial charge is 0.308 e. The molecule has 0 atom stereocenters. The molecule has 2 aromatic carbocycles. The Morgan fingerprint density at radius 1 is 0.885 bits per heavy atom. The van der Waals surface area contributed by atoms with Crippen molar-refractivity contribution in [1.82, 2.24) is 0 Å². The Hall–Kier alpha value is -2.29. The second kappa shape index (κ2) is 9.42. The number of rotatable bonds is 1. The average Bonchev–Trinajstić information content (AvgIpc) is 2.46. The Morgan fingerprint density at radius 3 is 1.73 bits per heavy atom. The molecule has 0 saturated carbocycles. The van der Waals surface area contributed by atoms with Gasteiger partial charge in [0.05, 0.1) is 0 Å². The number of hydrogen-bond acceptors (Lipinski definition) is 3. The van der Waals surface area contributed by atoms with E-state index < -0.39 is 0 Å². The Bertz CT molecular complexity index is 710. The largest absolute Gasteiger partial charge is 0.508 e. The number of aromatic hydroxyl groups is 1. The van der Waals surface area contributed by atoms with Gasteiger partial charge in [0.25, 0.3) is 0 Å². The summed E-state index contributed by atoms with van der Waals surface area (Å²) in [4.78, 5) is 10.8. The Balaban J connectivity index is 0. The zero-order valence-electron chi connectivity index (χ0n) is 16.4. The number of phenols is 1. The first-order valence-electron chi connectivity index (χ1n) is 8.48. The molecule has 3 heteroatoms. The molecule has 0 saturated heterocycles.